The molecule has 2 aliphatic rings. The van der Waals surface area contributed by atoms with Gasteiger partial charge in [-0.25, -0.2) is 0 Å². The molecular formula is C16H28N2. The van der Waals surface area contributed by atoms with E-state index in [9.17, 15) is 5.26 Å². The average Bonchev–Trinajstić information content (AvgIpc) is 3.20. The van der Waals surface area contributed by atoms with E-state index in [1.807, 2.05) is 0 Å². The highest BCUT2D eigenvalue weighted by Gasteiger charge is 2.35. The molecule has 0 amide bonds. The molecule has 0 aromatic rings. The second-order valence-corrected chi connectivity index (χ2v) is 6.30. The first-order valence-electron chi connectivity index (χ1n) is 7.92. The molecule has 3 atom stereocenters. The third-order valence-corrected chi connectivity index (χ3v) is 4.85. The van der Waals surface area contributed by atoms with Gasteiger partial charge in [0.2, 0.25) is 0 Å². The van der Waals surface area contributed by atoms with Crippen LogP contribution in [-0.2, 0) is 0 Å². The molecule has 102 valence electrons. The van der Waals surface area contributed by atoms with Crippen LogP contribution in [0.4, 0.5) is 0 Å². The lowest BCUT2D eigenvalue weighted by Gasteiger charge is -2.40. The third-order valence-electron chi connectivity index (χ3n) is 4.85. The molecule has 0 radical (unpaired) electrons. The van der Waals surface area contributed by atoms with Crippen LogP contribution in [0.3, 0.4) is 0 Å². The Morgan fingerprint density at radius 3 is 2.39 bits per heavy atom. The summed E-state index contributed by atoms with van der Waals surface area (Å²) < 4.78 is 0. The predicted molar refractivity (Wildman–Crippen MR) is 75.1 cm³/mol. The first kappa shape index (κ1) is 13.9. The van der Waals surface area contributed by atoms with Gasteiger partial charge in [0, 0.05) is 12.6 Å². The SMILES string of the molecule is CCCC1CCC(C#N)C(N(CC)CC2CC2)C1. The highest BCUT2D eigenvalue weighted by atomic mass is 15.2. The third kappa shape index (κ3) is 3.48. The Bertz CT molecular complexity index is 290. The second-order valence-electron chi connectivity index (χ2n) is 6.30. The summed E-state index contributed by atoms with van der Waals surface area (Å²) in [7, 11) is 0. The topological polar surface area (TPSA) is 27.0 Å². The van der Waals surface area contributed by atoms with Gasteiger partial charge in [0.25, 0.3) is 0 Å². The smallest absolute Gasteiger partial charge is 0.0672 e. The highest BCUT2D eigenvalue weighted by molar-refractivity contribution is 4.98. The summed E-state index contributed by atoms with van der Waals surface area (Å²) in [6.45, 7) is 6.92. The first-order chi connectivity index (χ1) is 8.78. The standard InChI is InChI=1S/C16H28N2/c1-3-5-13-8-9-15(11-17)16(10-13)18(4-2)12-14-6-7-14/h13-16H,3-10,12H2,1-2H3. The Morgan fingerprint density at radius 2 is 1.83 bits per heavy atom. The van der Waals surface area contributed by atoms with E-state index < -0.39 is 0 Å². The van der Waals surface area contributed by atoms with Gasteiger partial charge in [-0.1, -0.05) is 26.7 Å². The summed E-state index contributed by atoms with van der Waals surface area (Å²) in [4.78, 5) is 2.62. The van der Waals surface area contributed by atoms with E-state index in [-0.39, 0.29) is 5.92 Å². The summed E-state index contributed by atoms with van der Waals surface area (Å²) in [5, 5.41) is 9.40. The van der Waals surface area contributed by atoms with Gasteiger partial charge in [0.05, 0.1) is 12.0 Å². The molecule has 2 saturated carbocycles. The Kier molecular flexibility index (Phi) is 5.06. The highest BCUT2D eigenvalue weighted by Crippen LogP contribution is 2.37. The fourth-order valence-electron chi connectivity index (χ4n) is 3.59. The average molecular weight is 248 g/mol. The first-order valence-corrected chi connectivity index (χ1v) is 7.92. The quantitative estimate of drug-likeness (QED) is 0.714. The summed E-state index contributed by atoms with van der Waals surface area (Å²) in [6, 6.07) is 3.13. The minimum absolute atomic E-state index is 0.289. The zero-order valence-electron chi connectivity index (χ0n) is 12.1. The van der Waals surface area contributed by atoms with E-state index in [0.717, 1.165) is 24.8 Å². The van der Waals surface area contributed by atoms with E-state index in [2.05, 4.69) is 24.8 Å². The summed E-state index contributed by atoms with van der Waals surface area (Å²) in [5.74, 6) is 2.10. The molecule has 3 unspecified atom stereocenters. The lowest BCUT2D eigenvalue weighted by Crippen LogP contribution is -2.45. The van der Waals surface area contributed by atoms with Crippen molar-refractivity contribution in [2.24, 2.45) is 17.8 Å². The second kappa shape index (κ2) is 6.57. The van der Waals surface area contributed by atoms with Crippen molar-refractivity contribution in [1.82, 2.24) is 4.90 Å². The van der Waals surface area contributed by atoms with Gasteiger partial charge < -0.3 is 0 Å². The van der Waals surface area contributed by atoms with Crippen LogP contribution in [0, 0.1) is 29.1 Å². The fraction of sp³-hybridized carbons (Fsp3) is 0.938. The van der Waals surface area contributed by atoms with Crippen LogP contribution in [0.15, 0.2) is 0 Å². The van der Waals surface area contributed by atoms with Crippen LogP contribution in [0.2, 0.25) is 0 Å². The van der Waals surface area contributed by atoms with E-state index in [0.29, 0.717) is 6.04 Å². The molecule has 2 heteroatoms. The lowest BCUT2D eigenvalue weighted by molar-refractivity contribution is 0.0982. The van der Waals surface area contributed by atoms with Crippen molar-refractivity contribution in [3.8, 4) is 6.07 Å². The van der Waals surface area contributed by atoms with Crippen LogP contribution in [0.25, 0.3) is 0 Å². The fourth-order valence-corrected chi connectivity index (χ4v) is 3.59. The molecule has 0 bridgehead atoms. The maximum Gasteiger partial charge on any atom is 0.0672 e. The Morgan fingerprint density at radius 1 is 1.11 bits per heavy atom. The van der Waals surface area contributed by atoms with Crippen LogP contribution in [-0.4, -0.2) is 24.0 Å². The van der Waals surface area contributed by atoms with Crippen molar-refractivity contribution in [3.63, 3.8) is 0 Å². The van der Waals surface area contributed by atoms with Crippen molar-refractivity contribution in [3.05, 3.63) is 0 Å². The van der Waals surface area contributed by atoms with Crippen molar-refractivity contribution in [2.45, 2.75) is 64.8 Å². The van der Waals surface area contributed by atoms with Gasteiger partial charge in [0.15, 0.2) is 0 Å². The number of nitrogens with zero attached hydrogens (tertiary/aromatic N) is 2. The number of hydrogen-bond acceptors (Lipinski definition) is 2. The monoisotopic (exact) mass is 248 g/mol. The molecular weight excluding hydrogens is 220 g/mol. The van der Waals surface area contributed by atoms with E-state index in [1.54, 1.807) is 0 Å². The van der Waals surface area contributed by atoms with Gasteiger partial charge >= 0.3 is 0 Å². The zero-order chi connectivity index (χ0) is 13.0. The van der Waals surface area contributed by atoms with Crippen molar-refractivity contribution >= 4 is 0 Å². The maximum absolute atomic E-state index is 9.40. The van der Waals surface area contributed by atoms with Gasteiger partial charge in [-0.15, -0.1) is 0 Å². The summed E-state index contributed by atoms with van der Waals surface area (Å²) in [6.07, 6.45) is 9.17. The van der Waals surface area contributed by atoms with Crippen molar-refractivity contribution in [1.29, 1.82) is 5.26 Å². The van der Waals surface area contributed by atoms with Gasteiger partial charge in [-0.2, -0.15) is 5.26 Å². The molecule has 18 heavy (non-hydrogen) atoms. The van der Waals surface area contributed by atoms with E-state index >= 15 is 0 Å². The number of rotatable bonds is 6. The predicted octanol–water partition coefficient (Wildman–Crippen LogP) is 3.83. The van der Waals surface area contributed by atoms with E-state index in [4.69, 9.17) is 0 Å². The Labute approximate surface area is 112 Å². The molecule has 0 heterocycles. The van der Waals surface area contributed by atoms with Crippen LogP contribution < -0.4 is 0 Å². The minimum atomic E-state index is 0.289. The van der Waals surface area contributed by atoms with Gasteiger partial charge in [-0.3, -0.25) is 4.90 Å². The molecule has 0 spiro atoms. The Hall–Kier alpha value is -0.550. The Balaban J connectivity index is 1.96. The molecule has 0 aliphatic heterocycles. The van der Waals surface area contributed by atoms with Crippen molar-refractivity contribution < 1.29 is 0 Å². The van der Waals surface area contributed by atoms with Crippen LogP contribution in [0.5, 0.6) is 0 Å². The van der Waals surface area contributed by atoms with Crippen molar-refractivity contribution in [2.75, 3.05) is 13.1 Å². The van der Waals surface area contributed by atoms with Gasteiger partial charge in [0.1, 0.15) is 0 Å². The minimum Gasteiger partial charge on any atom is -0.299 e. The maximum atomic E-state index is 9.40. The zero-order valence-corrected chi connectivity index (χ0v) is 12.1. The number of nitriles is 1. The van der Waals surface area contributed by atoms with Crippen LogP contribution in [0.1, 0.15) is 58.8 Å². The number of hydrogen-bond donors (Lipinski definition) is 0. The largest absolute Gasteiger partial charge is 0.299 e. The van der Waals surface area contributed by atoms with Gasteiger partial charge in [-0.05, 0) is 50.5 Å². The molecule has 2 rings (SSSR count). The summed E-state index contributed by atoms with van der Waals surface area (Å²) >= 11 is 0. The molecule has 0 aromatic carbocycles. The molecule has 2 fully saturated rings. The van der Waals surface area contributed by atoms with E-state index in [1.165, 1.54) is 45.1 Å². The molecule has 2 aliphatic carbocycles. The lowest BCUT2D eigenvalue weighted by atomic mass is 9.76. The molecule has 0 aromatic heterocycles. The molecule has 2 nitrogen and oxygen atoms in total. The molecule has 0 saturated heterocycles. The molecule has 0 N–H and O–H groups in total. The summed E-state index contributed by atoms with van der Waals surface area (Å²) in [5.41, 5.74) is 0. The normalized spacial score (nSPS) is 32.4. The van der Waals surface area contributed by atoms with Crippen LogP contribution >= 0.6 is 0 Å².